The van der Waals surface area contributed by atoms with Gasteiger partial charge in [0.25, 0.3) is 0 Å². The Morgan fingerprint density at radius 1 is 1.33 bits per heavy atom. The second kappa shape index (κ2) is 4.01. The standard InChI is InChI=1S/C13H15N3O2/c14-13(18)16-11-7-2-1-3-8-15(11)9-5-4-6-10(17)12(9)16/h1-3,8,11H,4-7H2,(H2,14,18). The van der Waals surface area contributed by atoms with E-state index in [0.29, 0.717) is 18.5 Å². The Morgan fingerprint density at radius 2 is 2.17 bits per heavy atom. The van der Waals surface area contributed by atoms with Crippen molar-refractivity contribution in [3.63, 3.8) is 0 Å². The minimum absolute atomic E-state index is 0.0282. The van der Waals surface area contributed by atoms with Crippen molar-refractivity contribution in [1.82, 2.24) is 9.80 Å². The molecule has 18 heavy (non-hydrogen) atoms. The van der Waals surface area contributed by atoms with Gasteiger partial charge in [0.2, 0.25) is 0 Å². The monoisotopic (exact) mass is 245 g/mol. The zero-order valence-corrected chi connectivity index (χ0v) is 10.0. The highest BCUT2D eigenvalue weighted by Crippen LogP contribution is 2.38. The van der Waals surface area contributed by atoms with Gasteiger partial charge in [-0.05, 0) is 18.9 Å². The van der Waals surface area contributed by atoms with Crippen LogP contribution < -0.4 is 5.73 Å². The Bertz CT molecular complexity index is 504. The molecule has 0 aromatic carbocycles. The second-order valence-corrected chi connectivity index (χ2v) is 4.67. The summed E-state index contributed by atoms with van der Waals surface area (Å²) >= 11 is 0. The lowest BCUT2D eigenvalue weighted by molar-refractivity contribution is -0.117. The molecule has 0 bridgehead atoms. The first-order valence-electron chi connectivity index (χ1n) is 6.17. The molecule has 94 valence electrons. The van der Waals surface area contributed by atoms with Crippen molar-refractivity contribution in [2.45, 2.75) is 31.8 Å². The summed E-state index contributed by atoms with van der Waals surface area (Å²) in [6.07, 6.45) is 10.4. The molecule has 2 aliphatic heterocycles. The van der Waals surface area contributed by atoms with E-state index in [0.717, 1.165) is 18.5 Å². The zero-order valence-electron chi connectivity index (χ0n) is 10.0. The summed E-state index contributed by atoms with van der Waals surface area (Å²) < 4.78 is 0. The Balaban J connectivity index is 2.10. The Hall–Kier alpha value is -2.04. The molecule has 2 amide bonds. The van der Waals surface area contributed by atoms with E-state index in [1.807, 2.05) is 29.3 Å². The van der Waals surface area contributed by atoms with Crippen molar-refractivity contribution in [1.29, 1.82) is 0 Å². The molecule has 0 radical (unpaired) electrons. The van der Waals surface area contributed by atoms with Gasteiger partial charge in [-0.2, -0.15) is 0 Å². The van der Waals surface area contributed by atoms with Crippen molar-refractivity contribution >= 4 is 11.8 Å². The number of allylic oxidation sites excluding steroid dienone is 4. The highest BCUT2D eigenvalue weighted by atomic mass is 16.2. The van der Waals surface area contributed by atoms with Crippen LogP contribution in [0.3, 0.4) is 0 Å². The summed E-state index contributed by atoms with van der Waals surface area (Å²) in [6, 6.07) is -0.547. The third kappa shape index (κ3) is 1.47. The van der Waals surface area contributed by atoms with Gasteiger partial charge >= 0.3 is 6.03 Å². The van der Waals surface area contributed by atoms with Crippen LogP contribution in [0.4, 0.5) is 4.79 Å². The summed E-state index contributed by atoms with van der Waals surface area (Å²) in [5, 5.41) is 0. The maximum atomic E-state index is 12.0. The molecule has 5 nitrogen and oxygen atoms in total. The molecule has 3 aliphatic rings. The van der Waals surface area contributed by atoms with E-state index >= 15 is 0 Å². The molecule has 1 aliphatic carbocycles. The number of ketones is 1. The van der Waals surface area contributed by atoms with Gasteiger partial charge in [0.1, 0.15) is 11.9 Å². The van der Waals surface area contributed by atoms with Crippen LogP contribution in [0.15, 0.2) is 35.8 Å². The SMILES string of the molecule is NC(=O)N1C2=C(CCCC2=O)N2C=CC=CCC21. The smallest absolute Gasteiger partial charge is 0.321 e. The van der Waals surface area contributed by atoms with Crippen molar-refractivity contribution in [3.8, 4) is 0 Å². The van der Waals surface area contributed by atoms with E-state index in [9.17, 15) is 9.59 Å². The van der Waals surface area contributed by atoms with Crippen LogP contribution in [-0.4, -0.2) is 27.8 Å². The Kier molecular flexibility index (Phi) is 2.47. The van der Waals surface area contributed by atoms with Crippen LogP contribution in [0.5, 0.6) is 0 Å². The molecule has 2 heterocycles. The van der Waals surface area contributed by atoms with Gasteiger partial charge < -0.3 is 10.6 Å². The minimum Gasteiger partial charge on any atom is -0.351 e. The number of amides is 2. The molecular weight excluding hydrogens is 230 g/mol. The molecule has 0 saturated heterocycles. The van der Waals surface area contributed by atoms with E-state index in [2.05, 4.69) is 0 Å². The first kappa shape index (κ1) is 11.1. The largest absolute Gasteiger partial charge is 0.351 e. The lowest BCUT2D eigenvalue weighted by Gasteiger charge is -2.28. The Labute approximate surface area is 105 Å². The third-order valence-electron chi connectivity index (χ3n) is 3.60. The van der Waals surface area contributed by atoms with E-state index < -0.39 is 6.03 Å². The van der Waals surface area contributed by atoms with Crippen molar-refractivity contribution < 1.29 is 9.59 Å². The summed E-state index contributed by atoms with van der Waals surface area (Å²) in [4.78, 5) is 27.2. The number of Topliss-reactive ketones (excluding diaryl/α,β-unsaturated/α-hetero) is 1. The predicted octanol–water partition coefficient (Wildman–Crippen LogP) is 1.45. The average Bonchev–Trinajstić information content (AvgIpc) is 2.50. The van der Waals surface area contributed by atoms with Gasteiger partial charge in [-0.15, -0.1) is 0 Å². The molecule has 5 heteroatoms. The fourth-order valence-electron chi connectivity index (χ4n) is 2.88. The Morgan fingerprint density at radius 3 is 2.94 bits per heavy atom. The fourth-order valence-corrected chi connectivity index (χ4v) is 2.88. The van der Waals surface area contributed by atoms with Crippen LogP contribution >= 0.6 is 0 Å². The molecular formula is C13H15N3O2. The van der Waals surface area contributed by atoms with Crippen LogP contribution in [0.1, 0.15) is 25.7 Å². The van der Waals surface area contributed by atoms with Crippen LogP contribution in [0, 0.1) is 0 Å². The van der Waals surface area contributed by atoms with E-state index in [1.54, 1.807) is 0 Å². The second-order valence-electron chi connectivity index (χ2n) is 4.67. The lowest BCUT2D eigenvalue weighted by atomic mass is 10.00. The number of carbonyl (C=O) groups excluding carboxylic acids is 2. The molecule has 0 fully saturated rings. The quantitative estimate of drug-likeness (QED) is 0.702. The molecule has 0 aromatic rings. The highest BCUT2D eigenvalue weighted by Gasteiger charge is 2.43. The van der Waals surface area contributed by atoms with Gasteiger partial charge in [-0.25, -0.2) is 4.79 Å². The summed E-state index contributed by atoms with van der Waals surface area (Å²) in [5.74, 6) is 0.0282. The summed E-state index contributed by atoms with van der Waals surface area (Å²) in [7, 11) is 0. The van der Waals surface area contributed by atoms with Crippen LogP contribution in [0.2, 0.25) is 0 Å². The molecule has 0 aromatic heterocycles. The van der Waals surface area contributed by atoms with Gasteiger partial charge in [-0.1, -0.05) is 12.2 Å². The molecule has 1 atom stereocenters. The number of nitrogens with zero attached hydrogens (tertiary/aromatic N) is 2. The number of carbonyl (C=O) groups is 2. The molecule has 0 saturated carbocycles. The van der Waals surface area contributed by atoms with Crippen molar-refractivity contribution in [2.24, 2.45) is 5.73 Å². The van der Waals surface area contributed by atoms with E-state index in [4.69, 9.17) is 5.73 Å². The van der Waals surface area contributed by atoms with Crippen molar-refractivity contribution in [2.75, 3.05) is 0 Å². The summed E-state index contributed by atoms with van der Waals surface area (Å²) in [6.45, 7) is 0. The fraction of sp³-hybridized carbons (Fsp3) is 0.385. The lowest BCUT2D eigenvalue weighted by Crippen LogP contribution is -2.45. The molecule has 3 rings (SSSR count). The predicted molar refractivity (Wildman–Crippen MR) is 65.8 cm³/mol. The van der Waals surface area contributed by atoms with Crippen molar-refractivity contribution in [3.05, 3.63) is 35.8 Å². The maximum Gasteiger partial charge on any atom is 0.321 e. The number of primary amides is 1. The summed E-state index contributed by atoms with van der Waals surface area (Å²) in [5.41, 5.74) is 6.90. The molecule has 2 N–H and O–H groups in total. The number of nitrogens with two attached hydrogens (primary N) is 1. The third-order valence-corrected chi connectivity index (χ3v) is 3.60. The van der Waals surface area contributed by atoms with Crippen LogP contribution in [0.25, 0.3) is 0 Å². The van der Waals surface area contributed by atoms with Gasteiger partial charge in [0.15, 0.2) is 5.78 Å². The maximum absolute atomic E-state index is 12.0. The normalized spacial score (nSPS) is 26.2. The highest BCUT2D eigenvalue weighted by molar-refractivity contribution is 6.00. The number of urea groups is 1. The van der Waals surface area contributed by atoms with Gasteiger partial charge in [-0.3, -0.25) is 9.69 Å². The molecule has 1 unspecified atom stereocenters. The van der Waals surface area contributed by atoms with Crippen LogP contribution in [-0.2, 0) is 4.79 Å². The average molecular weight is 245 g/mol. The first-order valence-corrected chi connectivity index (χ1v) is 6.17. The molecule has 0 spiro atoms. The number of rotatable bonds is 0. The van der Waals surface area contributed by atoms with E-state index in [-0.39, 0.29) is 11.9 Å². The van der Waals surface area contributed by atoms with Gasteiger partial charge in [0, 0.05) is 24.7 Å². The number of hydrogen-bond acceptors (Lipinski definition) is 3. The van der Waals surface area contributed by atoms with E-state index in [1.165, 1.54) is 4.90 Å². The number of hydrogen-bond donors (Lipinski definition) is 1. The topological polar surface area (TPSA) is 66.6 Å². The number of fused-ring (bicyclic) bond motifs is 2. The zero-order chi connectivity index (χ0) is 12.7. The minimum atomic E-state index is -0.547. The first-order chi connectivity index (χ1) is 8.70. The van der Waals surface area contributed by atoms with Gasteiger partial charge in [0.05, 0.1) is 0 Å².